The molecular weight excluding hydrogens is 296 g/mol. The Balaban J connectivity index is 1.55. The van der Waals surface area contributed by atoms with Crippen LogP contribution in [0.25, 0.3) is 0 Å². The number of rotatable bonds is 2. The monoisotopic (exact) mass is 318 g/mol. The summed E-state index contributed by atoms with van der Waals surface area (Å²) in [7, 11) is 0. The average Bonchev–Trinajstić information content (AvgIpc) is 3.12. The average molecular weight is 318 g/mol. The molecule has 4 rings (SSSR count). The van der Waals surface area contributed by atoms with E-state index in [1.165, 1.54) is 5.06 Å². The number of fused-ring (bicyclic) bond motifs is 1. The maximum Gasteiger partial charge on any atom is 0.271 e. The fourth-order valence-electron chi connectivity index (χ4n) is 3.49. The van der Waals surface area contributed by atoms with Crippen LogP contribution in [0, 0.1) is 11.8 Å². The van der Waals surface area contributed by atoms with Crippen molar-refractivity contribution in [2.75, 3.05) is 19.7 Å². The van der Waals surface area contributed by atoms with Gasteiger partial charge < -0.3 is 9.47 Å². The third-order valence-electron chi connectivity index (χ3n) is 5.10. The highest BCUT2D eigenvalue weighted by Crippen LogP contribution is 2.40. The van der Waals surface area contributed by atoms with Crippen molar-refractivity contribution >= 4 is 11.8 Å². The maximum atomic E-state index is 12.8. The molecule has 0 radical (unpaired) electrons. The van der Waals surface area contributed by atoms with Crippen LogP contribution in [-0.2, 0) is 21.0 Å². The number of amides is 2. The minimum atomic E-state index is -0.433. The van der Waals surface area contributed by atoms with Gasteiger partial charge in [0.25, 0.3) is 5.91 Å². The number of hydrogen-bond donors (Lipinski definition) is 0. The van der Waals surface area contributed by atoms with Gasteiger partial charge in [0.1, 0.15) is 6.04 Å². The Morgan fingerprint density at radius 2 is 2.13 bits per heavy atom. The minimum Gasteiger partial charge on any atom is -0.334 e. The molecular formula is C16H22N4O3. The van der Waals surface area contributed by atoms with Gasteiger partial charge in [-0.15, -0.1) is 0 Å². The molecule has 1 saturated carbocycles. The topological polar surface area (TPSA) is 67.7 Å². The Kier molecular flexibility index (Phi) is 3.60. The lowest BCUT2D eigenvalue weighted by molar-refractivity contribution is -0.201. The molecule has 0 N–H and O–H groups in total. The van der Waals surface area contributed by atoms with E-state index in [1.807, 2.05) is 9.47 Å². The van der Waals surface area contributed by atoms with Crippen LogP contribution in [0.5, 0.6) is 0 Å². The van der Waals surface area contributed by atoms with E-state index in [0.717, 1.165) is 25.0 Å². The molecule has 1 saturated heterocycles. The van der Waals surface area contributed by atoms with Gasteiger partial charge in [-0.3, -0.25) is 14.4 Å². The summed E-state index contributed by atoms with van der Waals surface area (Å²) in [6.07, 6.45) is 6.32. The first-order chi connectivity index (χ1) is 11.1. The van der Waals surface area contributed by atoms with Gasteiger partial charge in [0.15, 0.2) is 0 Å². The highest BCUT2D eigenvalue weighted by molar-refractivity contribution is 5.84. The third-order valence-corrected chi connectivity index (χ3v) is 5.10. The number of imidazole rings is 1. The molecule has 3 atom stereocenters. The molecule has 0 aromatic carbocycles. The van der Waals surface area contributed by atoms with E-state index in [1.54, 1.807) is 12.5 Å². The highest BCUT2D eigenvalue weighted by Gasteiger charge is 2.44. The van der Waals surface area contributed by atoms with Gasteiger partial charge in [0.05, 0.1) is 31.7 Å². The second-order valence-electron chi connectivity index (χ2n) is 6.83. The second-order valence-corrected chi connectivity index (χ2v) is 6.83. The summed E-state index contributed by atoms with van der Waals surface area (Å²) >= 11 is 0. The molecule has 23 heavy (non-hydrogen) atoms. The number of nitrogens with zero attached hydrogens (tertiary/aromatic N) is 4. The number of hydroxylamine groups is 2. The van der Waals surface area contributed by atoms with E-state index in [0.29, 0.717) is 32.2 Å². The van der Waals surface area contributed by atoms with E-state index in [4.69, 9.17) is 4.84 Å². The fraction of sp³-hybridized carbons (Fsp3) is 0.688. The van der Waals surface area contributed by atoms with Crippen LogP contribution in [0.15, 0.2) is 12.5 Å². The number of carbonyl (C=O) groups excluding carboxylic acids is 2. The van der Waals surface area contributed by atoms with Crippen molar-refractivity contribution in [1.29, 1.82) is 0 Å². The summed E-state index contributed by atoms with van der Waals surface area (Å²) in [6, 6.07) is -0.433. The van der Waals surface area contributed by atoms with Crippen molar-refractivity contribution in [3.63, 3.8) is 0 Å². The van der Waals surface area contributed by atoms with E-state index >= 15 is 0 Å². The van der Waals surface area contributed by atoms with Crippen LogP contribution < -0.4 is 0 Å². The van der Waals surface area contributed by atoms with Crippen LogP contribution >= 0.6 is 0 Å². The lowest BCUT2D eigenvalue weighted by atomic mass is 10.1. The van der Waals surface area contributed by atoms with Crippen molar-refractivity contribution in [3.05, 3.63) is 18.2 Å². The number of hydrogen-bond acceptors (Lipinski definition) is 4. The van der Waals surface area contributed by atoms with Gasteiger partial charge in [0, 0.05) is 18.7 Å². The first-order valence-corrected chi connectivity index (χ1v) is 8.39. The van der Waals surface area contributed by atoms with E-state index in [2.05, 4.69) is 11.9 Å². The van der Waals surface area contributed by atoms with E-state index in [-0.39, 0.29) is 17.7 Å². The Morgan fingerprint density at radius 3 is 2.83 bits per heavy atom. The van der Waals surface area contributed by atoms with Crippen molar-refractivity contribution in [3.8, 4) is 0 Å². The summed E-state index contributed by atoms with van der Waals surface area (Å²) in [5, 5.41) is 1.46. The molecule has 1 aromatic heterocycles. The molecule has 2 amide bonds. The van der Waals surface area contributed by atoms with Crippen molar-refractivity contribution in [2.45, 2.75) is 38.8 Å². The van der Waals surface area contributed by atoms with Crippen LogP contribution in [0.4, 0.5) is 0 Å². The van der Waals surface area contributed by atoms with Gasteiger partial charge in [-0.1, -0.05) is 6.92 Å². The van der Waals surface area contributed by atoms with Gasteiger partial charge in [-0.2, -0.15) is 0 Å². The number of aromatic nitrogens is 2. The van der Waals surface area contributed by atoms with Gasteiger partial charge >= 0.3 is 0 Å². The Hall–Kier alpha value is -1.89. The van der Waals surface area contributed by atoms with E-state index < -0.39 is 6.04 Å². The molecule has 1 aromatic rings. The SMILES string of the molecule is C[C@@H]1C[C@H]1C(=O)N1Cc2cncn2[C@@H](C(=O)N2CCCCO2)C1. The molecule has 0 unspecified atom stereocenters. The Morgan fingerprint density at radius 1 is 1.30 bits per heavy atom. The van der Waals surface area contributed by atoms with Crippen LogP contribution in [-0.4, -0.2) is 51.0 Å². The largest absolute Gasteiger partial charge is 0.334 e. The zero-order valence-corrected chi connectivity index (χ0v) is 13.4. The first kappa shape index (κ1) is 14.7. The molecule has 124 valence electrons. The van der Waals surface area contributed by atoms with E-state index in [9.17, 15) is 9.59 Å². The molecule has 2 fully saturated rings. The van der Waals surface area contributed by atoms with Gasteiger partial charge in [0.2, 0.25) is 5.91 Å². The fourth-order valence-corrected chi connectivity index (χ4v) is 3.49. The summed E-state index contributed by atoms with van der Waals surface area (Å²) in [4.78, 5) is 36.9. The zero-order valence-electron chi connectivity index (χ0n) is 13.4. The third kappa shape index (κ3) is 2.63. The molecule has 7 nitrogen and oxygen atoms in total. The first-order valence-electron chi connectivity index (χ1n) is 8.39. The molecule has 3 heterocycles. The number of carbonyl (C=O) groups is 2. The summed E-state index contributed by atoms with van der Waals surface area (Å²) < 4.78 is 1.89. The quantitative estimate of drug-likeness (QED) is 0.815. The predicted molar refractivity (Wildman–Crippen MR) is 80.9 cm³/mol. The van der Waals surface area contributed by atoms with Crippen molar-refractivity contribution in [1.82, 2.24) is 19.5 Å². The van der Waals surface area contributed by atoms with Crippen LogP contribution in [0.2, 0.25) is 0 Å². The Bertz CT molecular complexity index is 623. The predicted octanol–water partition coefficient (Wildman–Crippen LogP) is 0.976. The highest BCUT2D eigenvalue weighted by atomic mass is 16.7. The van der Waals surface area contributed by atoms with Crippen LogP contribution in [0.3, 0.4) is 0 Å². The van der Waals surface area contributed by atoms with Crippen LogP contribution in [0.1, 0.15) is 37.9 Å². The minimum absolute atomic E-state index is 0.0784. The second kappa shape index (κ2) is 5.63. The van der Waals surface area contributed by atoms with Crippen molar-refractivity contribution in [2.24, 2.45) is 11.8 Å². The zero-order chi connectivity index (χ0) is 16.0. The lowest BCUT2D eigenvalue weighted by Gasteiger charge is -2.37. The molecule has 0 bridgehead atoms. The summed E-state index contributed by atoms with van der Waals surface area (Å²) in [5.41, 5.74) is 0.910. The summed E-state index contributed by atoms with van der Waals surface area (Å²) in [5.74, 6) is 0.688. The van der Waals surface area contributed by atoms with Crippen molar-refractivity contribution < 1.29 is 14.4 Å². The van der Waals surface area contributed by atoms with Gasteiger partial charge in [-0.25, -0.2) is 10.0 Å². The van der Waals surface area contributed by atoms with Gasteiger partial charge in [-0.05, 0) is 25.2 Å². The Labute approximate surface area is 135 Å². The maximum absolute atomic E-state index is 12.8. The standard InChI is InChI=1S/C16H22N4O3/c1-11-6-13(11)15(21)18-8-12-7-17-10-19(12)14(9-18)16(22)20-4-2-3-5-23-20/h7,10-11,13-14H,2-6,8-9H2,1H3/t11-,13-,14-/m1/s1. The summed E-state index contributed by atoms with van der Waals surface area (Å²) in [6.45, 7) is 4.24. The molecule has 2 aliphatic heterocycles. The molecule has 7 heteroatoms. The molecule has 0 spiro atoms. The lowest BCUT2D eigenvalue weighted by Crippen LogP contribution is -2.49. The molecule has 1 aliphatic carbocycles. The molecule has 3 aliphatic rings. The smallest absolute Gasteiger partial charge is 0.271 e. The normalized spacial score (nSPS) is 30.0.